The maximum atomic E-state index is 12.9. The molecular formula is C21H28N2O3. The molecule has 0 bridgehead atoms. The van der Waals surface area contributed by atoms with Crippen LogP contribution in [-0.2, 0) is 0 Å². The van der Waals surface area contributed by atoms with E-state index in [2.05, 4.69) is 16.4 Å². The first-order valence-electron chi connectivity index (χ1n) is 8.82. The number of methoxy groups -OCH3 is 1. The standard InChI is InChI=1S/C21H28N2O3/c1-11-8-9-18(26-7)17(10-11)13(3)22-15(5)21(25)20-12(2)19(16(6)24)14(4)23-20/h8-10,13,15,22-23H,1-7H3/t13-,15-/m0/s1. The van der Waals surface area contributed by atoms with Crippen molar-refractivity contribution in [2.75, 3.05) is 7.11 Å². The minimum Gasteiger partial charge on any atom is -0.496 e. The molecule has 2 aromatic rings. The molecule has 1 aromatic carbocycles. The molecule has 26 heavy (non-hydrogen) atoms. The molecule has 0 spiro atoms. The average Bonchev–Trinajstić information content (AvgIpc) is 2.88. The first-order valence-corrected chi connectivity index (χ1v) is 8.82. The topological polar surface area (TPSA) is 71.2 Å². The second-order valence-corrected chi connectivity index (χ2v) is 6.90. The lowest BCUT2D eigenvalue weighted by Crippen LogP contribution is -2.36. The van der Waals surface area contributed by atoms with Crippen LogP contribution in [-0.4, -0.2) is 29.7 Å². The fraction of sp³-hybridized carbons (Fsp3) is 0.429. The summed E-state index contributed by atoms with van der Waals surface area (Å²) in [5.41, 5.74) is 4.70. The summed E-state index contributed by atoms with van der Waals surface area (Å²) in [4.78, 5) is 27.8. The van der Waals surface area contributed by atoms with Crippen LogP contribution >= 0.6 is 0 Å². The Kier molecular flexibility index (Phi) is 6.03. The van der Waals surface area contributed by atoms with Gasteiger partial charge in [-0.25, -0.2) is 0 Å². The first kappa shape index (κ1) is 19.9. The third kappa shape index (κ3) is 3.88. The van der Waals surface area contributed by atoms with Crippen molar-refractivity contribution in [3.63, 3.8) is 0 Å². The van der Waals surface area contributed by atoms with Crippen molar-refractivity contribution < 1.29 is 14.3 Å². The lowest BCUT2D eigenvalue weighted by atomic mass is 10.0. The molecule has 0 amide bonds. The van der Waals surface area contributed by atoms with E-state index < -0.39 is 6.04 Å². The van der Waals surface area contributed by atoms with Crippen LogP contribution in [0.15, 0.2) is 18.2 Å². The van der Waals surface area contributed by atoms with Crippen LogP contribution in [0.25, 0.3) is 0 Å². The number of hydrogen-bond acceptors (Lipinski definition) is 4. The van der Waals surface area contributed by atoms with Crippen molar-refractivity contribution >= 4 is 11.6 Å². The summed E-state index contributed by atoms with van der Waals surface area (Å²) in [7, 11) is 1.64. The predicted octanol–water partition coefficient (Wildman–Crippen LogP) is 4.07. The summed E-state index contributed by atoms with van der Waals surface area (Å²) in [6.07, 6.45) is 0. The Morgan fingerprint density at radius 1 is 1.15 bits per heavy atom. The third-order valence-electron chi connectivity index (χ3n) is 4.78. The van der Waals surface area contributed by atoms with Crippen LogP contribution in [0.4, 0.5) is 0 Å². The first-order chi connectivity index (χ1) is 12.2. The van der Waals surface area contributed by atoms with Crippen LogP contribution in [0.3, 0.4) is 0 Å². The second-order valence-electron chi connectivity index (χ2n) is 6.90. The van der Waals surface area contributed by atoms with Crippen molar-refractivity contribution in [1.29, 1.82) is 0 Å². The van der Waals surface area contributed by atoms with Gasteiger partial charge in [0.1, 0.15) is 5.75 Å². The molecule has 2 atom stereocenters. The average molecular weight is 356 g/mol. The number of H-pyrrole nitrogens is 1. The Bertz CT molecular complexity index is 836. The Balaban J connectivity index is 2.24. The van der Waals surface area contributed by atoms with Gasteiger partial charge in [0, 0.05) is 22.9 Å². The molecule has 140 valence electrons. The molecule has 0 saturated carbocycles. The molecular weight excluding hydrogens is 328 g/mol. The van der Waals surface area contributed by atoms with Gasteiger partial charge in [-0.2, -0.15) is 0 Å². The number of carbonyl (C=O) groups excluding carboxylic acids is 2. The molecule has 0 radical (unpaired) electrons. The van der Waals surface area contributed by atoms with Crippen LogP contribution in [0.5, 0.6) is 5.75 Å². The molecule has 5 heteroatoms. The Morgan fingerprint density at radius 2 is 1.81 bits per heavy atom. The van der Waals surface area contributed by atoms with Gasteiger partial charge in [0.05, 0.1) is 18.8 Å². The second kappa shape index (κ2) is 7.87. The number of rotatable bonds is 7. The van der Waals surface area contributed by atoms with Gasteiger partial charge in [0.25, 0.3) is 0 Å². The highest BCUT2D eigenvalue weighted by Gasteiger charge is 2.25. The largest absolute Gasteiger partial charge is 0.496 e. The molecule has 1 aromatic heterocycles. The van der Waals surface area contributed by atoms with Crippen LogP contribution < -0.4 is 10.1 Å². The SMILES string of the molecule is COc1ccc(C)cc1[C@H](C)N[C@@H](C)C(=O)c1[nH]c(C)c(C(C)=O)c1C. The molecule has 0 aliphatic heterocycles. The van der Waals surface area contributed by atoms with Gasteiger partial charge in [0.15, 0.2) is 11.6 Å². The van der Waals surface area contributed by atoms with E-state index in [0.29, 0.717) is 11.3 Å². The van der Waals surface area contributed by atoms with Gasteiger partial charge >= 0.3 is 0 Å². The van der Waals surface area contributed by atoms with E-state index >= 15 is 0 Å². The molecule has 0 fully saturated rings. The molecule has 2 rings (SSSR count). The van der Waals surface area contributed by atoms with Crippen LogP contribution in [0, 0.1) is 20.8 Å². The van der Waals surface area contributed by atoms with Crippen LogP contribution in [0.2, 0.25) is 0 Å². The molecule has 5 nitrogen and oxygen atoms in total. The van der Waals surface area contributed by atoms with Gasteiger partial charge in [-0.05, 0) is 53.2 Å². The van der Waals surface area contributed by atoms with E-state index in [1.54, 1.807) is 7.11 Å². The zero-order valence-electron chi connectivity index (χ0n) is 16.6. The molecule has 1 heterocycles. The Hall–Kier alpha value is -2.40. The number of benzene rings is 1. The molecule has 0 aliphatic rings. The highest BCUT2D eigenvalue weighted by Crippen LogP contribution is 2.27. The zero-order chi connectivity index (χ0) is 19.6. The van der Waals surface area contributed by atoms with Gasteiger partial charge in [-0.3, -0.25) is 9.59 Å². The normalized spacial score (nSPS) is 13.3. The summed E-state index contributed by atoms with van der Waals surface area (Å²) in [6, 6.07) is 5.52. The molecule has 0 unspecified atom stereocenters. The summed E-state index contributed by atoms with van der Waals surface area (Å²) in [5.74, 6) is 0.700. The summed E-state index contributed by atoms with van der Waals surface area (Å²) >= 11 is 0. The van der Waals surface area contributed by atoms with E-state index in [0.717, 1.165) is 28.1 Å². The van der Waals surface area contributed by atoms with Gasteiger partial charge < -0.3 is 15.0 Å². The molecule has 0 aliphatic carbocycles. The quantitative estimate of drug-likeness (QED) is 0.734. The fourth-order valence-corrected chi connectivity index (χ4v) is 3.47. The van der Waals surface area contributed by atoms with E-state index in [1.807, 2.05) is 46.8 Å². The summed E-state index contributed by atoms with van der Waals surface area (Å²) in [5, 5.41) is 3.35. The fourth-order valence-electron chi connectivity index (χ4n) is 3.47. The lowest BCUT2D eigenvalue weighted by molar-refractivity contribution is 0.0940. The Morgan fingerprint density at radius 3 is 2.35 bits per heavy atom. The monoisotopic (exact) mass is 356 g/mol. The minimum atomic E-state index is -0.410. The molecule has 0 saturated heterocycles. The van der Waals surface area contributed by atoms with E-state index in [9.17, 15) is 9.59 Å². The minimum absolute atomic E-state index is 0.0335. The number of hydrogen-bond donors (Lipinski definition) is 2. The Labute approximate surface area is 155 Å². The van der Waals surface area contributed by atoms with E-state index in [-0.39, 0.29) is 17.6 Å². The summed E-state index contributed by atoms with van der Waals surface area (Å²) < 4.78 is 5.44. The van der Waals surface area contributed by atoms with Gasteiger partial charge in [0.2, 0.25) is 0 Å². The predicted molar refractivity (Wildman–Crippen MR) is 103 cm³/mol. The number of ether oxygens (including phenoxy) is 1. The van der Waals surface area contributed by atoms with Gasteiger partial charge in [-0.1, -0.05) is 17.7 Å². The van der Waals surface area contributed by atoms with E-state index in [1.165, 1.54) is 6.92 Å². The number of nitrogens with one attached hydrogen (secondary N) is 2. The van der Waals surface area contributed by atoms with Crippen molar-refractivity contribution in [2.45, 2.75) is 53.6 Å². The third-order valence-corrected chi connectivity index (χ3v) is 4.78. The number of aryl methyl sites for hydroxylation is 2. The van der Waals surface area contributed by atoms with Crippen molar-refractivity contribution in [3.8, 4) is 5.75 Å². The number of aromatic amines is 1. The summed E-state index contributed by atoms with van der Waals surface area (Å²) in [6.45, 7) is 11.0. The van der Waals surface area contributed by atoms with Crippen LogP contribution in [0.1, 0.15) is 70.0 Å². The maximum absolute atomic E-state index is 12.9. The number of carbonyl (C=O) groups is 2. The van der Waals surface area contributed by atoms with Crippen molar-refractivity contribution in [2.24, 2.45) is 0 Å². The smallest absolute Gasteiger partial charge is 0.195 e. The van der Waals surface area contributed by atoms with Crippen molar-refractivity contribution in [1.82, 2.24) is 10.3 Å². The number of ketones is 2. The highest BCUT2D eigenvalue weighted by atomic mass is 16.5. The zero-order valence-corrected chi connectivity index (χ0v) is 16.6. The lowest BCUT2D eigenvalue weighted by Gasteiger charge is -2.21. The number of Topliss-reactive ketones (excluding diaryl/α,β-unsaturated/α-hetero) is 2. The van der Waals surface area contributed by atoms with E-state index in [4.69, 9.17) is 4.74 Å². The molecule has 2 N–H and O–H groups in total. The number of aromatic nitrogens is 1. The highest BCUT2D eigenvalue weighted by molar-refractivity contribution is 6.05. The van der Waals surface area contributed by atoms with Crippen molar-refractivity contribution in [3.05, 3.63) is 51.8 Å². The van der Waals surface area contributed by atoms with Gasteiger partial charge in [-0.15, -0.1) is 0 Å². The maximum Gasteiger partial charge on any atom is 0.195 e.